The second-order valence-corrected chi connectivity index (χ2v) is 5.66. The summed E-state index contributed by atoms with van der Waals surface area (Å²) in [6.07, 6.45) is -0.258. The van der Waals surface area contributed by atoms with Gasteiger partial charge in [0.15, 0.2) is 0 Å². The fourth-order valence-electron chi connectivity index (χ4n) is 2.41. The number of rotatable bonds is 4. The van der Waals surface area contributed by atoms with Gasteiger partial charge in [0.05, 0.1) is 36.7 Å². The molecule has 1 amide bonds. The molecule has 0 aromatic heterocycles. The zero-order valence-corrected chi connectivity index (χ0v) is 12.6. The molecule has 1 aliphatic heterocycles. The van der Waals surface area contributed by atoms with Gasteiger partial charge in [-0.15, -0.1) is 0 Å². The van der Waals surface area contributed by atoms with Gasteiger partial charge in [0, 0.05) is 18.1 Å². The van der Waals surface area contributed by atoms with Crippen molar-refractivity contribution in [1.82, 2.24) is 4.90 Å². The smallest absolute Gasteiger partial charge is 0.238 e. The number of nitrogens with two attached hydrogens (primary N) is 1. The predicted molar refractivity (Wildman–Crippen MR) is 82.4 cm³/mol. The number of carbonyl (C=O) groups is 1. The Morgan fingerprint density at radius 2 is 2.33 bits per heavy atom. The molecule has 2 atom stereocenters. The van der Waals surface area contributed by atoms with Gasteiger partial charge in [0.25, 0.3) is 0 Å². The molecule has 1 aliphatic rings. The fraction of sp³-hybridized carbons (Fsp3) is 0.500. The lowest BCUT2D eigenvalue weighted by Crippen LogP contribution is -2.50. The van der Waals surface area contributed by atoms with E-state index in [1.54, 1.807) is 18.2 Å². The summed E-state index contributed by atoms with van der Waals surface area (Å²) in [5.74, 6) is -0.158. The van der Waals surface area contributed by atoms with Crippen LogP contribution in [0.25, 0.3) is 0 Å². The summed E-state index contributed by atoms with van der Waals surface area (Å²) >= 11 is 5.82. The Balaban J connectivity index is 1.92. The normalized spacial score (nSPS) is 23.0. The number of nitrogen functional groups attached to an aromatic ring is 1. The van der Waals surface area contributed by atoms with Crippen LogP contribution in [0.5, 0.6) is 0 Å². The number of aliphatic hydroxyl groups excluding tert-OH is 1. The summed E-state index contributed by atoms with van der Waals surface area (Å²) in [5, 5.41) is 12.5. The molecule has 7 heteroatoms. The third-order valence-electron chi connectivity index (χ3n) is 3.26. The van der Waals surface area contributed by atoms with E-state index in [1.807, 2.05) is 11.8 Å². The highest BCUT2D eigenvalue weighted by Crippen LogP contribution is 2.22. The minimum absolute atomic E-state index is 0.00991. The zero-order chi connectivity index (χ0) is 15.4. The number of benzene rings is 1. The minimum Gasteiger partial charge on any atom is -0.397 e. The van der Waals surface area contributed by atoms with Gasteiger partial charge in [-0.25, -0.2) is 0 Å². The second-order valence-electron chi connectivity index (χ2n) is 5.23. The molecule has 0 radical (unpaired) electrons. The van der Waals surface area contributed by atoms with Crippen LogP contribution in [-0.4, -0.2) is 54.4 Å². The van der Waals surface area contributed by atoms with Crippen molar-refractivity contribution in [2.45, 2.75) is 19.1 Å². The topological polar surface area (TPSA) is 87.8 Å². The number of hydrogen-bond donors (Lipinski definition) is 3. The van der Waals surface area contributed by atoms with Crippen LogP contribution < -0.4 is 11.1 Å². The van der Waals surface area contributed by atoms with E-state index in [0.717, 1.165) is 0 Å². The van der Waals surface area contributed by atoms with E-state index in [4.69, 9.17) is 22.1 Å². The van der Waals surface area contributed by atoms with Crippen molar-refractivity contribution in [3.8, 4) is 0 Å². The summed E-state index contributed by atoms with van der Waals surface area (Å²) in [7, 11) is 0. The Morgan fingerprint density at radius 3 is 3.00 bits per heavy atom. The molecule has 116 valence electrons. The van der Waals surface area contributed by atoms with E-state index in [2.05, 4.69) is 5.32 Å². The van der Waals surface area contributed by atoms with E-state index < -0.39 is 0 Å². The standard InChI is InChI=1S/C14H20ClN3O3/c1-9-5-18(6-11(8-19)21-9)7-14(20)17-13-3-2-10(15)4-12(13)16/h2-4,9,11,19H,5-8,16H2,1H3,(H,17,20). The highest BCUT2D eigenvalue weighted by Gasteiger charge is 2.26. The molecule has 0 spiro atoms. The largest absolute Gasteiger partial charge is 0.397 e. The number of nitrogens with zero attached hydrogens (tertiary/aromatic N) is 1. The molecule has 6 nitrogen and oxygen atoms in total. The molecule has 0 bridgehead atoms. The maximum absolute atomic E-state index is 12.1. The molecule has 2 unspecified atom stereocenters. The van der Waals surface area contributed by atoms with Gasteiger partial charge in [-0.3, -0.25) is 9.69 Å². The molecule has 2 rings (SSSR count). The summed E-state index contributed by atoms with van der Waals surface area (Å²) in [6.45, 7) is 3.28. The molecule has 4 N–H and O–H groups in total. The van der Waals surface area contributed by atoms with Gasteiger partial charge in [-0.1, -0.05) is 11.6 Å². The van der Waals surface area contributed by atoms with Crippen molar-refractivity contribution < 1.29 is 14.6 Å². The lowest BCUT2D eigenvalue weighted by atomic mass is 10.2. The van der Waals surface area contributed by atoms with Crippen LogP contribution in [0.2, 0.25) is 5.02 Å². The van der Waals surface area contributed by atoms with E-state index in [-0.39, 0.29) is 31.3 Å². The van der Waals surface area contributed by atoms with Gasteiger partial charge < -0.3 is 20.9 Å². The van der Waals surface area contributed by atoms with Crippen LogP contribution in [0.1, 0.15) is 6.92 Å². The van der Waals surface area contributed by atoms with Crippen LogP contribution in [0, 0.1) is 0 Å². The molecule has 1 saturated heterocycles. The SMILES string of the molecule is CC1CN(CC(=O)Nc2ccc(Cl)cc2N)CC(CO)O1. The van der Waals surface area contributed by atoms with Crippen molar-refractivity contribution in [3.63, 3.8) is 0 Å². The maximum atomic E-state index is 12.1. The van der Waals surface area contributed by atoms with Gasteiger partial charge >= 0.3 is 0 Å². The quantitative estimate of drug-likeness (QED) is 0.720. The first-order valence-corrected chi connectivity index (χ1v) is 7.19. The number of morpholine rings is 1. The summed E-state index contributed by atoms with van der Waals surface area (Å²) in [6, 6.07) is 4.94. The number of nitrogens with one attached hydrogen (secondary N) is 1. The third-order valence-corrected chi connectivity index (χ3v) is 3.50. The summed E-state index contributed by atoms with van der Waals surface area (Å²) < 4.78 is 5.54. The lowest BCUT2D eigenvalue weighted by molar-refractivity contribution is -0.124. The number of anilines is 2. The average Bonchev–Trinajstić information content (AvgIpc) is 2.41. The lowest BCUT2D eigenvalue weighted by Gasteiger charge is -2.35. The van der Waals surface area contributed by atoms with Gasteiger partial charge in [0.2, 0.25) is 5.91 Å². The van der Waals surface area contributed by atoms with Gasteiger partial charge in [-0.05, 0) is 25.1 Å². The predicted octanol–water partition coefficient (Wildman–Crippen LogP) is 0.942. The molecule has 1 fully saturated rings. The number of amides is 1. The molecule has 21 heavy (non-hydrogen) atoms. The van der Waals surface area contributed by atoms with E-state index in [1.165, 1.54) is 0 Å². The number of hydrogen-bond acceptors (Lipinski definition) is 5. The van der Waals surface area contributed by atoms with Crippen molar-refractivity contribution in [2.24, 2.45) is 0 Å². The van der Waals surface area contributed by atoms with E-state index in [0.29, 0.717) is 29.5 Å². The Labute approximate surface area is 128 Å². The van der Waals surface area contributed by atoms with Gasteiger partial charge in [0.1, 0.15) is 0 Å². The molecular weight excluding hydrogens is 294 g/mol. The summed E-state index contributed by atoms with van der Waals surface area (Å²) in [5.41, 5.74) is 6.78. The van der Waals surface area contributed by atoms with Crippen LogP contribution in [0.15, 0.2) is 18.2 Å². The van der Waals surface area contributed by atoms with Crippen LogP contribution in [0.3, 0.4) is 0 Å². The number of halogens is 1. The first-order valence-electron chi connectivity index (χ1n) is 6.81. The number of ether oxygens (including phenoxy) is 1. The minimum atomic E-state index is -0.248. The van der Waals surface area contributed by atoms with Crippen LogP contribution in [0.4, 0.5) is 11.4 Å². The van der Waals surface area contributed by atoms with E-state index >= 15 is 0 Å². The maximum Gasteiger partial charge on any atom is 0.238 e. The highest BCUT2D eigenvalue weighted by molar-refractivity contribution is 6.31. The molecular formula is C14H20ClN3O3. The molecule has 0 aliphatic carbocycles. The first kappa shape index (κ1) is 16.0. The second kappa shape index (κ2) is 7.09. The van der Waals surface area contributed by atoms with E-state index in [9.17, 15) is 9.90 Å². The molecule has 1 aromatic rings. The van der Waals surface area contributed by atoms with Crippen molar-refractivity contribution in [1.29, 1.82) is 0 Å². The van der Waals surface area contributed by atoms with Crippen LogP contribution >= 0.6 is 11.6 Å². The van der Waals surface area contributed by atoms with Gasteiger partial charge in [-0.2, -0.15) is 0 Å². The highest BCUT2D eigenvalue weighted by atomic mass is 35.5. The summed E-state index contributed by atoms with van der Waals surface area (Å²) in [4.78, 5) is 14.0. The zero-order valence-electron chi connectivity index (χ0n) is 11.9. The van der Waals surface area contributed by atoms with Crippen LogP contribution in [-0.2, 0) is 9.53 Å². The average molecular weight is 314 g/mol. The van der Waals surface area contributed by atoms with Crippen molar-refractivity contribution >= 4 is 28.9 Å². The molecule has 0 saturated carbocycles. The Kier molecular flexibility index (Phi) is 5.41. The number of aliphatic hydroxyl groups is 1. The number of carbonyl (C=O) groups excluding carboxylic acids is 1. The Bertz CT molecular complexity index is 512. The monoisotopic (exact) mass is 313 g/mol. The third kappa shape index (κ3) is 4.57. The molecule has 1 aromatic carbocycles. The first-order chi connectivity index (χ1) is 9.97. The molecule has 1 heterocycles. The fourth-order valence-corrected chi connectivity index (χ4v) is 2.59. The van der Waals surface area contributed by atoms with Crippen molar-refractivity contribution in [2.75, 3.05) is 37.3 Å². The Morgan fingerprint density at radius 1 is 1.57 bits per heavy atom. The Hall–Kier alpha value is -1.34. The van der Waals surface area contributed by atoms with Crippen molar-refractivity contribution in [3.05, 3.63) is 23.2 Å².